The van der Waals surface area contributed by atoms with Crippen LogP contribution in [0.15, 0.2) is 24.3 Å². The minimum absolute atomic E-state index is 0.534. The van der Waals surface area contributed by atoms with E-state index in [-0.39, 0.29) is 0 Å². The first-order valence-electron chi connectivity index (χ1n) is 6.13. The number of halogens is 1. The first kappa shape index (κ1) is 11.9. The van der Waals surface area contributed by atoms with E-state index in [1.165, 1.54) is 31.2 Å². The Balaban J connectivity index is 1.77. The van der Waals surface area contributed by atoms with Crippen LogP contribution in [-0.4, -0.2) is 6.54 Å². The number of rotatable bonds is 4. The predicted octanol–water partition coefficient (Wildman–Crippen LogP) is 4.01. The summed E-state index contributed by atoms with van der Waals surface area (Å²) in [4.78, 5) is 0. The molecule has 0 saturated heterocycles. The molecular weight excluding hydrogens is 218 g/mol. The fraction of sp³-hybridized carbons (Fsp3) is 0.571. The third-order valence-corrected chi connectivity index (χ3v) is 3.86. The van der Waals surface area contributed by atoms with Crippen molar-refractivity contribution in [2.45, 2.75) is 39.2 Å². The topological polar surface area (TPSA) is 12.0 Å². The monoisotopic (exact) mass is 237 g/mol. The Labute approximate surface area is 103 Å². The van der Waals surface area contributed by atoms with E-state index in [2.05, 4.69) is 24.4 Å². The lowest BCUT2D eigenvalue weighted by Crippen LogP contribution is -2.29. The van der Waals surface area contributed by atoms with Gasteiger partial charge >= 0.3 is 0 Å². The van der Waals surface area contributed by atoms with Gasteiger partial charge in [-0.25, -0.2) is 0 Å². The number of benzene rings is 1. The molecule has 0 unspecified atom stereocenters. The van der Waals surface area contributed by atoms with Gasteiger partial charge in [-0.15, -0.1) is 0 Å². The average Bonchev–Trinajstić information content (AvgIpc) is 2.69. The van der Waals surface area contributed by atoms with Crippen molar-refractivity contribution in [1.29, 1.82) is 0 Å². The number of hydrogen-bond donors (Lipinski definition) is 1. The standard InChI is InChI=1S/C14H20ClN/c1-14(8-2-3-9-14)11-16-10-12-4-6-13(15)7-5-12/h4-7,16H,2-3,8-11H2,1H3. The molecule has 0 atom stereocenters. The summed E-state index contributed by atoms with van der Waals surface area (Å²) in [6.07, 6.45) is 5.56. The highest BCUT2D eigenvalue weighted by Gasteiger charge is 2.27. The summed E-state index contributed by atoms with van der Waals surface area (Å²) in [5.41, 5.74) is 1.85. The molecule has 0 heterocycles. The minimum atomic E-state index is 0.534. The van der Waals surface area contributed by atoms with Gasteiger partial charge in [0.15, 0.2) is 0 Å². The Kier molecular flexibility index (Phi) is 3.88. The molecule has 0 bridgehead atoms. The van der Waals surface area contributed by atoms with Crippen LogP contribution in [0.25, 0.3) is 0 Å². The predicted molar refractivity (Wildman–Crippen MR) is 69.7 cm³/mol. The van der Waals surface area contributed by atoms with Crippen molar-refractivity contribution in [3.63, 3.8) is 0 Å². The second-order valence-electron chi connectivity index (χ2n) is 5.25. The Morgan fingerprint density at radius 3 is 2.44 bits per heavy atom. The van der Waals surface area contributed by atoms with E-state index in [1.54, 1.807) is 0 Å². The van der Waals surface area contributed by atoms with Crippen LogP contribution in [0.1, 0.15) is 38.2 Å². The second-order valence-corrected chi connectivity index (χ2v) is 5.68. The summed E-state index contributed by atoms with van der Waals surface area (Å²) in [6, 6.07) is 8.09. The van der Waals surface area contributed by atoms with Gasteiger partial charge in [0.25, 0.3) is 0 Å². The lowest BCUT2D eigenvalue weighted by molar-refractivity contribution is 0.314. The summed E-state index contributed by atoms with van der Waals surface area (Å²) in [5, 5.41) is 4.37. The van der Waals surface area contributed by atoms with Crippen molar-refractivity contribution >= 4 is 11.6 Å². The third kappa shape index (κ3) is 3.23. The quantitative estimate of drug-likeness (QED) is 0.835. The summed E-state index contributed by atoms with van der Waals surface area (Å²) in [5.74, 6) is 0. The van der Waals surface area contributed by atoms with E-state index in [1.807, 2.05) is 12.1 Å². The molecule has 0 aliphatic heterocycles. The first-order valence-corrected chi connectivity index (χ1v) is 6.51. The van der Waals surface area contributed by atoms with Gasteiger partial charge in [0.05, 0.1) is 0 Å². The van der Waals surface area contributed by atoms with Crippen molar-refractivity contribution in [2.24, 2.45) is 5.41 Å². The number of nitrogens with one attached hydrogen (secondary N) is 1. The van der Waals surface area contributed by atoms with Gasteiger partial charge < -0.3 is 5.32 Å². The fourth-order valence-electron chi connectivity index (χ4n) is 2.52. The van der Waals surface area contributed by atoms with Gasteiger partial charge in [0.2, 0.25) is 0 Å². The number of hydrogen-bond acceptors (Lipinski definition) is 1. The van der Waals surface area contributed by atoms with Crippen molar-refractivity contribution in [1.82, 2.24) is 5.32 Å². The molecule has 1 nitrogen and oxygen atoms in total. The van der Waals surface area contributed by atoms with E-state index < -0.39 is 0 Å². The summed E-state index contributed by atoms with van der Waals surface area (Å²) < 4.78 is 0. The van der Waals surface area contributed by atoms with Crippen LogP contribution in [0.4, 0.5) is 0 Å². The van der Waals surface area contributed by atoms with Gasteiger partial charge in [0, 0.05) is 18.1 Å². The van der Waals surface area contributed by atoms with Crippen LogP contribution < -0.4 is 5.32 Å². The lowest BCUT2D eigenvalue weighted by atomic mass is 9.89. The second kappa shape index (κ2) is 5.20. The SMILES string of the molecule is CC1(CNCc2ccc(Cl)cc2)CCCC1. The van der Waals surface area contributed by atoms with E-state index in [0.29, 0.717) is 5.41 Å². The molecule has 1 aliphatic rings. The molecule has 0 aromatic heterocycles. The highest BCUT2D eigenvalue weighted by molar-refractivity contribution is 6.30. The molecule has 0 amide bonds. The van der Waals surface area contributed by atoms with Crippen LogP contribution in [-0.2, 0) is 6.54 Å². The molecule has 2 rings (SSSR count). The van der Waals surface area contributed by atoms with Crippen molar-refractivity contribution in [3.8, 4) is 0 Å². The summed E-state index contributed by atoms with van der Waals surface area (Å²) in [6.45, 7) is 4.48. The average molecular weight is 238 g/mol. The van der Waals surface area contributed by atoms with E-state index in [0.717, 1.165) is 18.1 Å². The van der Waals surface area contributed by atoms with Crippen LogP contribution in [0.5, 0.6) is 0 Å². The molecule has 16 heavy (non-hydrogen) atoms. The molecule has 1 aromatic carbocycles. The molecule has 2 heteroatoms. The highest BCUT2D eigenvalue weighted by Crippen LogP contribution is 2.36. The zero-order valence-electron chi connectivity index (χ0n) is 9.93. The first-order chi connectivity index (χ1) is 7.68. The maximum atomic E-state index is 5.85. The maximum Gasteiger partial charge on any atom is 0.0406 e. The smallest absolute Gasteiger partial charge is 0.0406 e. The largest absolute Gasteiger partial charge is 0.312 e. The van der Waals surface area contributed by atoms with E-state index in [4.69, 9.17) is 11.6 Å². The molecule has 1 aromatic rings. The van der Waals surface area contributed by atoms with Crippen molar-refractivity contribution < 1.29 is 0 Å². The molecule has 0 spiro atoms. The van der Waals surface area contributed by atoms with Crippen LogP contribution in [0.3, 0.4) is 0 Å². The van der Waals surface area contributed by atoms with E-state index >= 15 is 0 Å². The van der Waals surface area contributed by atoms with Gasteiger partial charge in [-0.3, -0.25) is 0 Å². The van der Waals surface area contributed by atoms with Gasteiger partial charge in [-0.05, 0) is 36.0 Å². The Hall–Kier alpha value is -0.530. The molecule has 0 radical (unpaired) electrons. The van der Waals surface area contributed by atoms with Crippen LogP contribution >= 0.6 is 11.6 Å². The molecule has 1 saturated carbocycles. The maximum absolute atomic E-state index is 5.85. The third-order valence-electron chi connectivity index (χ3n) is 3.60. The van der Waals surface area contributed by atoms with Gasteiger partial charge in [-0.1, -0.05) is 43.5 Å². The van der Waals surface area contributed by atoms with Crippen LogP contribution in [0.2, 0.25) is 5.02 Å². The Morgan fingerprint density at radius 2 is 1.81 bits per heavy atom. The highest BCUT2D eigenvalue weighted by atomic mass is 35.5. The Morgan fingerprint density at radius 1 is 1.19 bits per heavy atom. The van der Waals surface area contributed by atoms with Gasteiger partial charge in [0.1, 0.15) is 0 Å². The zero-order chi connectivity index (χ0) is 11.4. The molecule has 88 valence electrons. The van der Waals surface area contributed by atoms with Gasteiger partial charge in [-0.2, -0.15) is 0 Å². The molecule has 1 N–H and O–H groups in total. The molecule has 1 aliphatic carbocycles. The fourth-order valence-corrected chi connectivity index (χ4v) is 2.64. The zero-order valence-corrected chi connectivity index (χ0v) is 10.7. The summed E-state index contributed by atoms with van der Waals surface area (Å²) in [7, 11) is 0. The molecular formula is C14H20ClN. The van der Waals surface area contributed by atoms with Crippen LogP contribution in [0, 0.1) is 5.41 Å². The van der Waals surface area contributed by atoms with E-state index in [9.17, 15) is 0 Å². The summed E-state index contributed by atoms with van der Waals surface area (Å²) >= 11 is 5.85. The normalized spacial score (nSPS) is 18.9. The molecule has 1 fully saturated rings. The van der Waals surface area contributed by atoms with Crippen molar-refractivity contribution in [2.75, 3.05) is 6.54 Å². The van der Waals surface area contributed by atoms with Crippen molar-refractivity contribution in [3.05, 3.63) is 34.9 Å². The minimum Gasteiger partial charge on any atom is -0.312 e. The lowest BCUT2D eigenvalue weighted by Gasteiger charge is -2.23. The Bertz CT molecular complexity index is 325.